The van der Waals surface area contributed by atoms with Gasteiger partial charge in [0.25, 0.3) is 5.92 Å². The van der Waals surface area contributed by atoms with E-state index in [-0.39, 0.29) is 37.5 Å². The molecular formula is C24H32F5N5O4. The zero-order chi connectivity index (χ0) is 28.4. The lowest BCUT2D eigenvalue weighted by Gasteiger charge is -2.54. The molecule has 212 valence electrons. The van der Waals surface area contributed by atoms with Crippen molar-refractivity contribution < 1.29 is 41.1 Å². The summed E-state index contributed by atoms with van der Waals surface area (Å²) < 4.78 is 68.7. The van der Waals surface area contributed by atoms with Crippen molar-refractivity contribution in [1.82, 2.24) is 20.9 Å². The van der Waals surface area contributed by atoms with E-state index >= 15 is 0 Å². The molecule has 0 aromatic rings. The Morgan fingerprint density at radius 3 is 2.42 bits per heavy atom. The second-order valence-electron chi connectivity index (χ2n) is 10.7. The summed E-state index contributed by atoms with van der Waals surface area (Å²) >= 11 is 0. The number of nitrogens with one attached hydrogen (secondary N) is 3. The molecule has 2 bridgehead atoms. The molecule has 3 heterocycles. The van der Waals surface area contributed by atoms with Gasteiger partial charge in [0.05, 0.1) is 12.0 Å². The minimum atomic E-state index is -5.27. The molecule has 3 aliphatic heterocycles. The number of halogens is 5. The molecular weight excluding hydrogens is 517 g/mol. The van der Waals surface area contributed by atoms with E-state index in [1.807, 2.05) is 6.07 Å². The first-order valence-corrected chi connectivity index (χ1v) is 12.7. The van der Waals surface area contributed by atoms with Crippen LogP contribution < -0.4 is 16.0 Å². The molecule has 0 spiro atoms. The molecule has 1 aliphatic carbocycles. The van der Waals surface area contributed by atoms with Crippen molar-refractivity contribution in [1.29, 1.82) is 5.26 Å². The van der Waals surface area contributed by atoms with Gasteiger partial charge in [-0.1, -0.05) is 13.8 Å². The van der Waals surface area contributed by atoms with Gasteiger partial charge in [0.2, 0.25) is 17.7 Å². The molecule has 9 nitrogen and oxygen atoms in total. The number of piperidine rings is 3. The van der Waals surface area contributed by atoms with Gasteiger partial charge in [-0.15, -0.1) is 0 Å². The first-order chi connectivity index (χ1) is 17.7. The van der Waals surface area contributed by atoms with E-state index in [1.54, 1.807) is 19.2 Å². The number of nitriles is 1. The number of fused-ring (bicyclic) bond motifs is 3. The van der Waals surface area contributed by atoms with E-state index in [0.29, 0.717) is 19.4 Å². The maximum Gasteiger partial charge on any atom is 0.471 e. The first kappa shape index (κ1) is 29.6. The Morgan fingerprint density at radius 1 is 1.18 bits per heavy atom. The first-order valence-electron chi connectivity index (χ1n) is 12.7. The molecule has 4 amide bonds. The van der Waals surface area contributed by atoms with E-state index in [0.717, 1.165) is 4.90 Å². The maximum absolute atomic E-state index is 14.9. The predicted octanol–water partition coefficient (Wildman–Crippen LogP) is 2.02. The van der Waals surface area contributed by atoms with Gasteiger partial charge in [-0.05, 0) is 44.4 Å². The van der Waals surface area contributed by atoms with Crippen molar-refractivity contribution in [3.05, 3.63) is 0 Å². The third-order valence-corrected chi connectivity index (χ3v) is 7.42. The van der Waals surface area contributed by atoms with E-state index in [1.165, 1.54) is 0 Å². The average molecular weight is 550 g/mol. The lowest BCUT2D eigenvalue weighted by atomic mass is 9.71. The smallest absolute Gasteiger partial charge is 0.356 e. The van der Waals surface area contributed by atoms with Gasteiger partial charge in [-0.2, -0.15) is 18.4 Å². The molecule has 0 aromatic heterocycles. The number of rotatable bonds is 8. The van der Waals surface area contributed by atoms with Crippen LogP contribution in [0.2, 0.25) is 0 Å². The standard InChI is InChI=1S/C24H32F5N5O4/c1-12(2)8-17(33-22(38)24(27,28)29)21(37)34-15-5-6-16(23(25,26)10-15)18(34)20(36)32-14(11-30)9-13-4-3-7-31-19(13)35/h12-18H,3-10H2,1-2H3,(H,31,35)(H,32,36)(H,33,38)/t13-,14+,15-,16-,17+,18+/m1/s1. The van der Waals surface area contributed by atoms with Crippen molar-refractivity contribution in [3.8, 4) is 6.07 Å². The molecule has 0 aromatic carbocycles. The zero-order valence-corrected chi connectivity index (χ0v) is 21.1. The van der Waals surface area contributed by atoms with E-state index in [9.17, 15) is 46.4 Å². The molecule has 4 fully saturated rings. The largest absolute Gasteiger partial charge is 0.471 e. The minimum absolute atomic E-state index is 0.0587. The number of alkyl halides is 5. The molecule has 0 radical (unpaired) electrons. The predicted molar refractivity (Wildman–Crippen MR) is 122 cm³/mol. The molecule has 14 heteroatoms. The topological polar surface area (TPSA) is 131 Å². The molecule has 38 heavy (non-hydrogen) atoms. The molecule has 3 saturated heterocycles. The summed E-state index contributed by atoms with van der Waals surface area (Å²) in [7, 11) is 0. The SMILES string of the molecule is CC(C)C[C@H](NC(=O)C(F)(F)F)C(=O)N1[C@@H]2CC[C@H]([C@H]1C(=O)N[C@H](C#N)C[C@H]1CCCNC1=O)C(F)(F)C2. The average Bonchev–Trinajstić information content (AvgIpc) is 2.82. The van der Waals surface area contributed by atoms with E-state index < -0.39 is 72.2 Å². The summed E-state index contributed by atoms with van der Waals surface area (Å²) in [5.41, 5.74) is 0. The van der Waals surface area contributed by atoms with Crippen LogP contribution in [0.4, 0.5) is 22.0 Å². The fourth-order valence-corrected chi connectivity index (χ4v) is 5.68. The van der Waals surface area contributed by atoms with Gasteiger partial charge in [-0.3, -0.25) is 19.2 Å². The maximum atomic E-state index is 14.9. The molecule has 1 saturated carbocycles. The van der Waals surface area contributed by atoms with Crippen LogP contribution in [0.1, 0.15) is 58.8 Å². The Hall–Kier alpha value is -2.98. The van der Waals surface area contributed by atoms with Crippen LogP contribution >= 0.6 is 0 Å². The summed E-state index contributed by atoms with van der Waals surface area (Å²) in [6.07, 6.45) is -5.15. The van der Waals surface area contributed by atoms with Gasteiger partial charge in [0.1, 0.15) is 18.1 Å². The summed E-state index contributed by atoms with van der Waals surface area (Å²) in [5, 5.41) is 16.3. The Balaban J connectivity index is 1.87. The monoisotopic (exact) mass is 549 g/mol. The van der Waals surface area contributed by atoms with Crippen molar-refractivity contribution in [2.24, 2.45) is 17.8 Å². The van der Waals surface area contributed by atoms with E-state index in [2.05, 4.69) is 10.6 Å². The van der Waals surface area contributed by atoms with Crippen LogP contribution in [-0.2, 0) is 19.2 Å². The lowest BCUT2D eigenvalue weighted by Crippen LogP contribution is -2.71. The van der Waals surface area contributed by atoms with Crippen LogP contribution in [0.15, 0.2) is 0 Å². The number of carbonyl (C=O) groups excluding carboxylic acids is 4. The minimum Gasteiger partial charge on any atom is -0.356 e. The molecule has 6 atom stereocenters. The van der Waals surface area contributed by atoms with Crippen molar-refractivity contribution in [2.75, 3.05) is 6.54 Å². The fraction of sp³-hybridized carbons (Fsp3) is 0.792. The number of hydrogen-bond acceptors (Lipinski definition) is 5. The van der Waals surface area contributed by atoms with Crippen LogP contribution in [-0.4, -0.2) is 71.3 Å². The Morgan fingerprint density at radius 2 is 1.87 bits per heavy atom. The zero-order valence-electron chi connectivity index (χ0n) is 21.1. The summed E-state index contributed by atoms with van der Waals surface area (Å²) in [5.74, 6) is -10.6. The summed E-state index contributed by atoms with van der Waals surface area (Å²) in [4.78, 5) is 51.5. The second-order valence-corrected chi connectivity index (χ2v) is 10.7. The van der Waals surface area contributed by atoms with Gasteiger partial charge in [0, 0.05) is 24.9 Å². The number of amides is 4. The highest BCUT2D eigenvalue weighted by molar-refractivity contribution is 5.94. The highest BCUT2D eigenvalue weighted by atomic mass is 19.4. The van der Waals surface area contributed by atoms with Crippen LogP contribution in [0.25, 0.3) is 0 Å². The Labute approximate surface area is 216 Å². The number of hydrogen-bond donors (Lipinski definition) is 3. The van der Waals surface area contributed by atoms with Gasteiger partial charge in [0.15, 0.2) is 0 Å². The molecule has 0 unspecified atom stereocenters. The van der Waals surface area contributed by atoms with Crippen molar-refractivity contribution >= 4 is 23.6 Å². The Kier molecular flexibility index (Phi) is 8.88. The van der Waals surface area contributed by atoms with Gasteiger partial charge in [-0.25, -0.2) is 8.78 Å². The fourth-order valence-electron chi connectivity index (χ4n) is 5.68. The van der Waals surface area contributed by atoms with Crippen LogP contribution in [0.5, 0.6) is 0 Å². The highest BCUT2D eigenvalue weighted by Crippen LogP contribution is 2.49. The molecule has 4 aliphatic rings. The highest BCUT2D eigenvalue weighted by Gasteiger charge is 2.61. The summed E-state index contributed by atoms with van der Waals surface area (Å²) in [6, 6.07) is -3.93. The Bertz CT molecular complexity index is 982. The quantitative estimate of drug-likeness (QED) is 0.399. The third kappa shape index (κ3) is 6.53. The van der Waals surface area contributed by atoms with Gasteiger partial charge < -0.3 is 20.9 Å². The van der Waals surface area contributed by atoms with Crippen LogP contribution in [0.3, 0.4) is 0 Å². The number of carbonyl (C=O) groups is 4. The normalized spacial score (nSPS) is 28.2. The van der Waals surface area contributed by atoms with Crippen LogP contribution in [0, 0.1) is 29.1 Å². The summed E-state index contributed by atoms with van der Waals surface area (Å²) in [6.45, 7) is 3.71. The van der Waals surface area contributed by atoms with Crippen molar-refractivity contribution in [3.63, 3.8) is 0 Å². The van der Waals surface area contributed by atoms with Gasteiger partial charge >= 0.3 is 12.1 Å². The van der Waals surface area contributed by atoms with Crippen molar-refractivity contribution in [2.45, 2.75) is 95.1 Å². The molecule has 4 rings (SSSR count). The molecule has 3 N–H and O–H groups in total. The van der Waals surface area contributed by atoms with E-state index in [4.69, 9.17) is 0 Å². The third-order valence-electron chi connectivity index (χ3n) is 7.42. The second kappa shape index (κ2) is 11.4. The lowest BCUT2D eigenvalue weighted by molar-refractivity contribution is -0.196. The number of nitrogens with zero attached hydrogens (tertiary/aromatic N) is 2.